The monoisotopic (exact) mass is 184 g/mol. The first-order valence-electron chi connectivity index (χ1n) is 5.18. The van der Waals surface area contributed by atoms with Crippen LogP contribution in [0.2, 0.25) is 0 Å². The Morgan fingerprint density at radius 2 is 2.23 bits per heavy atom. The standard InChI is InChI=1S/C11H20O2/c1-3-13-10(2)11-6-4-5-8-12-9-7-11/h3,10-11H,1,4-9H2,2H3. The fraction of sp³-hybridized carbons (Fsp3) is 0.818. The third kappa shape index (κ3) is 3.81. The molecule has 0 amide bonds. The Morgan fingerprint density at radius 3 is 3.00 bits per heavy atom. The van der Waals surface area contributed by atoms with Crippen molar-refractivity contribution >= 4 is 0 Å². The maximum Gasteiger partial charge on any atom is 0.0978 e. The Kier molecular flexibility index (Phi) is 4.91. The van der Waals surface area contributed by atoms with E-state index in [1.807, 2.05) is 0 Å². The summed E-state index contributed by atoms with van der Waals surface area (Å²) in [6.07, 6.45) is 6.67. The Labute approximate surface area is 80.9 Å². The van der Waals surface area contributed by atoms with Gasteiger partial charge in [0.25, 0.3) is 0 Å². The summed E-state index contributed by atoms with van der Waals surface area (Å²) in [6.45, 7) is 7.52. The van der Waals surface area contributed by atoms with Gasteiger partial charge in [0.1, 0.15) is 0 Å². The van der Waals surface area contributed by atoms with Crippen molar-refractivity contribution < 1.29 is 9.47 Å². The van der Waals surface area contributed by atoms with Crippen molar-refractivity contribution in [3.8, 4) is 0 Å². The molecule has 0 spiro atoms. The number of hydrogen-bond donors (Lipinski definition) is 0. The van der Waals surface area contributed by atoms with Gasteiger partial charge in [-0.2, -0.15) is 0 Å². The maximum absolute atomic E-state index is 5.45. The van der Waals surface area contributed by atoms with Gasteiger partial charge in [-0.1, -0.05) is 13.0 Å². The molecule has 1 fully saturated rings. The highest BCUT2D eigenvalue weighted by atomic mass is 16.5. The zero-order valence-corrected chi connectivity index (χ0v) is 8.50. The van der Waals surface area contributed by atoms with E-state index in [1.165, 1.54) is 19.3 Å². The van der Waals surface area contributed by atoms with Crippen LogP contribution in [0, 0.1) is 5.92 Å². The van der Waals surface area contributed by atoms with Crippen molar-refractivity contribution in [2.75, 3.05) is 13.2 Å². The molecule has 1 aliphatic heterocycles. The molecule has 0 radical (unpaired) electrons. The summed E-state index contributed by atoms with van der Waals surface area (Å²) in [7, 11) is 0. The van der Waals surface area contributed by atoms with Gasteiger partial charge in [0.05, 0.1) is 12.4 Å². The molecule has 0 aromatic heterocycles. The molecule has 2 unspecified atom stereocenters. The van der Waals surface area contributed by atoms with Crippen LogP contribution in [-0.4, -0.2) is 19.3 Å². The van der Waals surface area contributed by atoms with Crippen molar-refractivity contribution in [3.05, 3.63) is 12.8 Å². The molecule has 1 aliphatic rings. The van der Waals surface area contributed by atoms with Crippen LogP contribution < -0.4 is 0 Å². The Morgan fingerprint density at radius 1 is 1.38 bits per heavy atom. The van der Waals surface area contributed by atoms with Gasteiger partial charge in [0.15, 0.2) is 0 Å². The molecular formula is C11H20O2. The maximum atomic E-state index is 5.45. The molecule has 1 heterocycles. The van der Waals surface area contributed by atoms with E-state index in [4.69, 9.17) is 9.47 Å². The summed E-state index contributed by atoms with van der Waals surface area (Å²) in [5.41, 5.74) is 0. The predicted molar refractivity (Wildman–Crippen MR) is 53.5 cm³/mol. The van der Waals surface area contributed by atoms with Crippen LogP contribution in [0.1, 0.15) is 32.6 Å². The molecule has 2 nitrogen and oxygen atoms in total. The highest BCUT2D eigenvalue weighted by molar-refractivity contribution is 4.70. The van der Waals surface area contributed by atoms with Gasteiger partial charge in [-0.3, -0.25) is 0 Å². The quantitative estimate of drug-likeness (QED) is 0.628. The molecule has 0 aromatic rings. The second-order valence-corrected chi connectivity index (χ2v) is 3.66. The van der Waals surface area contributed by atoms with E-state index in [0.29, 0.717) is 12.0 Å². The molecular weight excluding hydrogens is 164 g/mol. The van der Waals surface area contributed by atoms with Crippen LogP contribution in [0.3, 0.4) is 0 Å². The lowest BCUT2D eigenvalue weighted by atomic mass is 9.93. The molecule has 0 N–H and O–H groups in total. The normalized spacial score (nSPS) is 27.0. The molecule has 2 heteroatoms. The molecule has 76 valence electrons. The van der Waals surface area contributed by atoms with Gasteiger partial charge in [-0.25, -0.2) is 0 Å². The lowest BCUT2D eigenvalue weighted by Gasteiger charge is -2.25. The van der Waals surface area contributed by atoms with Crippen molar-refractivity contribution in [2.24, 2.45) is 5.92 Å². The minimum Gasteiger partial charge on any atom is -0.499 e. The second kappa shape index (κ2) is 6.03. The van der Waals surface area contributed by atoms with Gasteiger partial charge in [0, 0.05) is 13.2 Å². The number of ether oxygens (including phenoxy) is 2. The third-order valence-corrected chi connectivity index (χ3v) is 2.72. The van der Waals surface area contributed by atoms with Gasteiger partial charge < -0.3 is 9.47 Å². The van der Waals surface area contributed by atoms with E-state index in [0.717, 1.165) is 19.6 Å². The van der Waals surface area contributed by atoms with Crippen molar-refractivity contribution in [1.82, 2.24) is 0 Å². The van der Waals surface area contributed by atoms with Gasteiger partial charge >= 0.3 is 0 Å². The van der Waals surface area contributed by atoms with E-state index in [2.05, 4.69) is 13.5 Å². The van der Waals surface area contributed by atoms with Crippen molar-refractivity contribution in [3.63, 3.8) is 0 Å². The van der Waals surface area contributed by atoms with Crippen LogP contribution in [0.4, 0.5) is 0 Å². The lowest BCUT2D eigenvalue weighted by Crippen LogP contribution is -2.22. The molecule has 0 aliphatic carbocycles. The zero-order valence-electron chi connectivity index (χ0n) is 8.50. The Bertz CT molecular complexity index is 137. The SMILES string of the molecule is C=COC(C)C1CCCCOCC1. The molecule has 0 bridgehead atoms. The van der Waals surface area contributed by atoms with Crippen LogP contribution in [-0.2, 0) is 9.47 Å². The molecule has 13 heavy (non-hydrogen) atoms. The first-order chi connectivity index (χ1) is 6.34. The molecule has 0 aromatic carbocycles. The van der Waals surface area contributed by atoms with E-state index in [9.17, 15) is 0 Å². The van der Waals surface area contributed by atoms with Gasteiger partial charge in [-0.05, 0) is 32.1 Å². The number of hydrogen-bond acceptors (Lipinski definition) is 2. The zero-order chi connectivity index (χ0) is 9.52. The summed E-state index contributed by atoms with van der Waals surface area (Å²) < 4.78 is 10.8. The average Bonchev–Trinajstić information content (AvgIpc) is 2.03. The topological polar surface area (TPSA) is 18.5 Å². The van der Waals surface area contributed by atoms with E-state index < -0.39 is 0 Å². The molecule has 2 atom stereocenters. The predicted octanol–water partition coefficient (Wildman–Crippen LogP) is 2.74. The fourth-order valence-electron chi connectivity index (χ4n) is 1.82. The van der Waals surface area contributed by atoms with Crippen LogP contribution in [0.15, 0.2) is 12.8 Å². The Balaban J connectivity index is 2.31. The minimum atomic E-state index is 0.291. The number of rotatable bonds is 3. The van der Waals surface area contributed by atoms with E-state index in [-0.39, 0.29) is 0 Å². The van der Waals surface area contributed by atoms with E-state index in [1.54, 1.807) is 6.26 Å². The third-order valence-electron chi connectivity index (χ3n) is 2.72. The van der Waals surface area contributed by atoms with Gasteiger partial charge in [0.2, 0.25) is 0 Å². The van der Waals surface area contributed by atoms with Crippen LogP contribution >= 0.6 is 0 Å². The highest BCUT2D eigenvalue weighted by Gasteiger charge is 2.18. The Hall–Kier alpha value is -0.500. The largest absolute Gasteiger partial charge is 0.499 e. The van der Waals surface area contributed by atoms with Gasteiger partial charge in [-0.15, -0.1) is 0 Å². The van der Waals surface area contributed by atoms with Crippen molar-refractivity contribution in [1.29, 1.82) is 0 Å². The fourth-order valence-corrected chi connectivity index (χ4v) is 1.82. The summed E-state index contributed by atoms with van der Waals surface area (Å²) in [6, 6.07) is 0. The lowest BCUT2D eigenvalue weighted by molar-refractivity contribution is 0.0448. The van der Waals surface area contributed by atoms with Crippen LogP contribution in [0.25, 0.3) is 0 Å². The molecule has 1 rings (SSSR count). The van der Waals surface area contributed by atoms with E-state index >= 15 is 0 Å². The second-order valence-electron chi connectivity index (χ2n) is 3.66. The average molecular weight is 184 g/mol. The summed E-state index contributed by atoms with van der Waals surface area (Å²) >= 11 is 0. The molecule has 0 saturated carbocycles. The summed E-state index contributed by atoms with van der Waals surface area (Å²) in [5.74, 6) is 0.637. The minimum absolute atomic E-state index is 0.291. The summed E-state index contributed by atoms with van der Waals surface area (Å²) in [5, 5.41) is 0. The smallest absolute Gasteiger partial charge is 0.0978 e. The van der Waals surface area contributed by atoms with Crippen LogP contribution in [0.5, 0.6) is 0 Å². The first-order valence-corrected chi connectivity index (χ1v) is 5.18. The van der Waals surface area contributed by atoms with Crippen molar-refractivity contribution in [2.45, 2.75) is 38.7 Å². The summed E-state index contributed by atoms with van der Waals surface area (Å²) in [4.78, 5) is 0. The highest BCUT2D eigenvalue weighted by Crippen LogP contribution is 2.21. The first kappa shape index (κ1) is 10.6. The molecule has 1 saturated heterocycles.